The molecule has 0 spiro atoms. The number of benzene rings is 1. The average Bonchev–Trinajstić information content (AvgIpc) is 2.69. The lowest BCUT2D eigenvalue weighted by molar-refractivity contribution is -0.137. The van der Waals surface area contributed by atoms with Crippen LogP contribution < -0.4 is 5.32 Å². The summed E-state index contributed by atoms with van der Waals surface area (Å²) in [4.78, 5) is 10.7. The summed E-state index contributed by atoms with van der Waals surface area (Å²) in [5, 5.41) is 12.3. The van der Waals surface area contributed by atoms with E-state index in [1.165, 1.54) is 50.5 Å². The Bertz CT molecular complexity index is 565. The first-order valence-electron chi connectivity index (χ1n) is 11.0. The van der Waals surface area contributed by atoms with E-state index in [4.69, 9.17) is 5.11 Å². The van der Waals surface area contributed by atoms with Gasteiger partial charge < -0.3 is 10.4 Å². The van der Waals surface area contributed by atoms with Gasteiger partial charge in [0.2, 0.25) is 0 Å². The Morgan fingerprint density at radius 3 is 2.25 bits per heavy atom. The molecular weight excluding hydrogens is 346 g/mol. The maximum Gasteiger partial charge on any atom is 0.303 e. The minimum Gasteiger partial charge on any atom is -0.481 e. The Morgan fingerprint density at radius 1 is 0.893 bits per heavy atom. The molecule has 1 rings (SSSR count). The van der Waals surface area contributed by atoms with Gasteiger partial charge in [0.15, 0.2) is 0 Å². The van der Waals surface area contributed by atoms with Crippen LogP contribution >= 0.6 is 0 Å². The van der Waals surface area contributed by atoms with Gasteiger partial charge >= 0.3 is 5.97 Å². The molecule has 0 atom stereocenters. The van der Waals surface area contributed by atoms with Crippen molar-refractivity contribution < 1.29 is 9.90 Å². The highest BCUT2D eigenvalue weighted by Gasteiger charge is 2.03. The SMILES string of the molecule is C=CCCCCCCCCC=CCCCNc1ccccc1CCCC(=O)O. The molecule has 0 aliphatic heterocycles. The molecule has 0 aromatic heterocycles. The van der Waals surface area contributed by atoms with Crippen LogP contribution in [-0.4, -0.2) is 17.6 Å². The van der Waals surface area contributed by atoms with Crippen molar-refractivity contribution in [1.82, 2.24) is 0 Å². The Labute approximate surface area is 171 Å². The fourth-order valence-electron chi connectivity index (χ4n) is 3.28. The molecule has 2 N–H and O–H groups in total. The average molecular weight is 386 g/mol. The summed E-state index contributed by atoms with van der Waals surface area (Å²) >= 11 is 0. The molecule has 0 amide bonds. The number of rotatable bonds is 18. The van der Waals surface area contributed by atoms with E-state index in [9.17, 15) is 4.79 Å². The van der Waals surface area contributed by atoms with Gasteiger partial charge in [-0.3, -0.25) is 4.79 Å². The van der Waals surface area contributed by atoms with Gasteiger partial charge in [0.25, 0.3) is 0 Å². The number of para-hydroxylation sites is 1. The highest BCUT2D eigenvalue weighted by Crippen LogP contribution is 2.17. The maximum absolute atomic E-state index is 10.7. The minimum absolute atomic E-state index is 0.231. The predicted octanol–water partition coefficient (Wildman–Crippen LogP) is 7.15. The van der Waals surface area contributed by atoms with Gasteiger partial charge in [0.1, 0.15) is 0 Å². The highest BCUT2D eigenvalue weighted by molar-refractivity contribution is 5.66. The van der Waals surface area contributed by atoms with Gasteiger partial charge in [-0.25, -0.2) is 0 Å². The van der Waals surface area contributed by atoms with Crippen molar-refractivity contribution in [3.8, 4) is 0 Å². The van der Waals surface area contributed by atoms with E-state index in [2.05, 4.69) is 36.2 Å². The lowest BCUT2D eigenvalue weighted by atomic mass is 10.1. The molecule has 0 aliphatic rings. The smallest absolute Gasteiger partial charge is 0.303 e. The fourth-order valence-corrected chi connectivity index (χ4v) is 3.28. The first-order chi connectivity index (χ1) is 13.7. The topological polar surface area (TPSA) is 49.3 Å². The molecule has 1 aromatic rings. The van der Waals surface area contributed by atoms with Gasteiger partial charge in [-0.05, 0) is 63.0 Å². The molecule has 0 heterocycles. The zero-order valence-corrected chi connectivity index (χ0v) is 17.5. The van der Waals surface area contributed by atoms with Gasteiger partial charge in [0, 0.05) is 18.7 Å². The van der Waals surface area contributed by atoms with Crippen LogP contribution in [0.3, 0.4) is 0 Å². The number of allylic oxidation sites excluding steroid dienone is 3. The van der Waals surface area contributed by atoms with Crippen LogP contribution in [0.5, 0.6) is 0 Å². The Morgan fingerprint density at radius 2 is 1.54 bits per heavy atom. The molecule has 0 saturated carbocycles. The molecule has 3 heteroatoms. The van der Waals surface area contributed by atoms with E-state index in [1.54, 1.807) is 0 Å². The Kier molecular flexibility index (Phi) is 14.7. The zero-order chi connectivity index (χ0) is 20.3. The molecule has 1 aromatic carbocycles. The van der Waals surface area contributed by atoms with Crippen molar-refractivity contribution >= 4 is 11.7 Å². The number of nitrogens with one attached hydrogen (secondary N) is 1. The van der Waals surface area contributed by atoms with Gasteiger partial charge in [-0.15, -0.1) is 6.58 Å². The number of aryl methyl sites for hydroxylation is 1. The maximum atomic E-state index is 10.7. The first-order valence-corrected chi connectivity index (χ1v) is 11.0. The van der Waals surface area contributed by atoms with Crippen LogP contribution in [0.1, 0.15) is 82.6 Å². The van der Waals surface area contributed by atoms with Crippen molar-refractivity contribution in [3.63, 3.8) is 0 Å². The van der Waals surface area contributed by atoms with Crippen LogP contribution in [0.2, 0.25) is 0 Å². The molecule has 0 fully saturated rings. The van der Waals surface area contributed by atoms with Crippen LogP contribution in [0.4, 0.5) is 5.69 Å². The largest absolute Gasteiger partial charge is 0.481 e. The van der Waals surface area contributed by atoms with Crippen molar-refractivity contribution in [3.05, 3.63) is 54.6 Å². The number of hydrogen-bond donors (Lipinski definition) is 2. The quantitative estimate of drug-likeness (QED) is 0.208. The number of carboxylic acid groups (broad SMARTS) is 1. The van der Waals surface area contributed by atoms with Gasteiger partial charge in [-0.1, -0.05) is 62.1 Å². The summed E-state index contributed by atoms with van der Waals surface area (Å²) in [6, 6.07) is 8.22. The summed E-state index contributed by atoms with van der Waals surface area (Å²) in [5.41, 5.74) is 2.36. The first kappa shape index (κ1) is 24.0. The second-order valence-electron chi connectivity index (χ2n) is 7.43. The van der Waals surface area contributed by atoms with Crippen molar-refractivity contribution in [2.75, 3.05) is 11.9 Å². The lowest BCUT2D eigenvalue weighted by Gasteiger charge is -2.11. The van der Waals surface area contributed by atoms with E-state index in [0.29, 0.717) is 6.42 Å². The van der Waals surface area contributed by atoms with Gasteiger partial charge in [0.05, 0.1) is 0 Å². The molecule has 0 unspecified atom stereocenters. The monoisotopic (exact) mass is 385 g/mol. The standard InChI is InChI=1S/C25H39NO2/c1-2-3-4-5-6-7-8-9-10-11-12-13-16-22-26-24-20-15-14-18-23(24)19-17-21-25(27)28/h2,11-12,14-15,18,20,26H,1,3-10,13,16-17,19,21-22H2,(H,27,28). The van der Waals surface area contributed by atoms with E-state index >= 15 is 0 Å². The summed E-state index contributed by atoms with van der Waals surface area (Å²) < 4.78 is 0. The third kappa shape index (κ3) is 13.2. The van der Waals surface area contributed by atoms with E-state index < -0.39 is 5.97 Å². The summed E-state index contributed by atoms with van der Waals surface area (Å²) in [6.07, 6.45) is 21.0. The number of hydrogen-bond acceptors (Lipinski definition) is 2. The lowest BCUT2D eigenvalue weighted by Crippen LogP contribution is -2.04. The minimum atomic E-state index is -0.722. The molecule has 0 bridgehead atoms. The van der Waals surface area contributed by atoms with Crippen LogP contribution in [-0.2, 0) is 11.2 Å². The van der Waals surface area contributed by atoms with Crippen molar-refractivity contribution in [2.45, 2.75) is 83.5 Å². The van der Waals surface area contributed by atoms with Crippen molar-refractivity contribution in [1.29, 1.82) is 0 Å². The Hall–Kier alpha value is -2.03. The molecule has 3 nitrogen and oxygen atoms in total. The summed E-state index contributed by atoms with van der Waals surface area (Å²) in [6.45, 7) is 4.71. The second-order valence-corrected chi connectivity index (χ2v) is 7.43. The molecule has 0 saturated heterocycles. The third-order valence-electron chi connectivity index (χ3n) is 4.91. The van der Waals surface area contributed by atoms with Crippen molar-refractivity contribution in [2.24, 2.45) is 0 Å². The van der Waals surface area contributed by atoms with Crippen LogP contribution in [0.15, 0.2) is 49.1 Å². The molecule has 156 valence electrons. The van der Waals surface area contributed by atoms with Crippen LogP contribution in [0.25, 0.3) is 0 Å². The molecule has 0 aliphatic carbocycles. The number of anilines is 1. The number of unbranched alkanes of at least 4 members (excludes halogenated alkanes) is 8. The molecule has 0 radical (unpaired) electrons. The van der Waals surface area contributed by atoms with E-state index in [1.807, 2.05) is 18.2 Å². The van der Waals surface area contributed by atoms with E-state index in [0.717, 1.165) is 37.9 Å². The fraction of sp³-hybridized carbons (Fsp3) is 0.560. The predicted molar refractivity (Wildman–Crippen MR) is 121 cm³/mol. The number of carbonyl (C=O) groups is 1. The molecule has 28 heavy (non-hydrogen) atoms. The van der Waals surface area contributed by atoms with Gasteiger partial charge in [-0.2, -0.15) is 0 Å². The highest BCUT2D eigenvalue weighted by atomic mass is 16.4. The number of carboxylic acids is 1. The third-order valence-corrected chi connectivity index (χ3v) is 4.91. The zero-order valence-electron chi connectivity index (χ0n) is 17.5. The Balaban J connectivity index is 2.04. The number of aliphatic carboxylic acids is 1. The van der Waals surface area contributed by atoms with Crippen LogP contribution in [0, 0.1) is 0 Å². The second kappa shape index (κ2) is 17.1. The summed E-state index contributed by atoms with van der Waals surface area (Å²) in [5.74, 6) is -0.722. The molecular formula is C25H39NO2. The summed E-state index contributed by atoms with van der Waals surface area (Å²) in [7, 11) is 0. The van der Waals surface area contributed by atoms with E-state index in [-0.39, 0.29) is 6.42 Å². The normalized spacial score (nSPS) is 11.0.